The van der Waals surface area contributed by atoms with E-state index in [0.717, 1.165) is 32.2 Å². The molecule has 0 radical (unpaired) electrons. The van der Waals surface area contributed by atoms with E-state index in [1.54, 1.807) is 0 Å². The number of nitrogens with one attached hydrogen (secondary N) is 1. The van der Waals surface area contributed by atoms with E-state index in [1.807, 2.05) is 18.7 Å². The first-order valence-electron chi connectivity index (χ1n) is 6.81. The lowest BCUT2D eigenvalue weighted by atomic mass is 9.84. The van der Waals surface area contributed by atoms with Gasteiger partial charge >= 0.3 is 0 Å². The zero-order valence-electron chi connectivity index (χ0n) is 11.2. The van der Waals surface area contributed by atoms with Crippen molar-refractivity contribution in [1.82, 2.24) is 10.2 Å². The number of rotatable bonds is 6. The molecule has 0 aliphatic heterocycles. The third kappa shape index (κ3) is 5.04. The molecule has 17 heavy (non-hydrogen) atoms. The van der Waals surface area contributed by atoms with Crippen LogP contribution in [0, 0.1) is 0 Å². The lowest BCUT2D eigenvalue weighted by molar-refractivity contribution is -0.123. The van der Waals surface area contributed by atoms with Crippen LogP contribution in [0.15, 0.2) is 0 Å². The molecule has 0 spiro atoms. The Bertz CT molecular complexity index is 238. The number of hydrogen-bond donors (Lipinski definition) is 2. The fourth-order valence-electron chi connectivity index (χ4n) is 2.52. The Morgan fingerprint density at radius 1 is 1.29 bits per heavy atom. The van der Waals surface area contributed by atoms with Crippen LogP contribution in [0.2, 0.25) is 0 Å². The van der Waals surface area contributed by atoms with Crippen LogP contribution in [-0.2, 0) is 4.79 Å². The molecule has 0 saturated heterocycles. The van der Waals surface area contributed by atoms with Gasteiger partial charge in [-0.05, 0) is 26.3 Å². The second kappa shape index (κ2) is 6.97. The smallest absolute Gasteiger partial charge is 0.234 e. The highest BCUT2D eigenvalue weighted by Crippen LogP contribution is 2.28. The van der Waals surface area contributed by atoms with E-state index >= 15 is 0 Å². The van der Waals surface area contributed by atoms with Gasteiger partial charge in [0.15, 0.2) is 0 Å². The van der Waals surface area contributed by atoms with Crippen molar-refractivity contribution in [3.8, 4) is 0 Å². The minimum absolute atomic E-state index is 0.0498. The van der Waals surface area contributed by atoms with Crippen molar-refractivity contribution in [2.24, 2.45) is 0 Å². The van der Waals surface area contributed by atoms with E-state index in [9.17, 15) is 9.90 Å². The molecule has 4 heteroatoms. The van der Waals surface area contributed by atoms with Crippen LogP contribution in [0.4, 0.5) is 0 Å². The van der Waals surface area contributed by atoms with E-state index in [0.29, 0.717) is 19.6 Å². The molecule has 1 fully saturated rings. The number of amides is 1. The number of likely N-dealkylation sites (N-methyl/N-ethyl adjacent to an activating group) is 2. The van der Waals surface area contributed by atoms with Crippen molar-refractivity contribution in [2.45, 2.75) is 51.6 Å². The zero-order valence-corrected chi connectivity index (χ0v) is 11.2. The van der Waals surface area contributed by atoms with Gasteiger partial charge < -0.3 is 10.4 Å². The van der Waals surface area contributed by atoms with Gasteiger partial charge in [0.25, 0.3) is 0 Å². The first-order chi connectivity index (χ1) is 8.09. The van der Waals surface area contributed by atoms with E-state index in [4.69, 9.17) is 0 Å². The molecule has 0 bridgehead atoms. The second-order valence-electron chi connectivity index (χ2n) is 5.04. The molecule has 0 atom stereocenters. The Hall–Kier alpha value is -0.610. The standard InChI is InChI=1S/C13H26N2O2/c1-3-14-12(16)10-15(4-2)11-13(17)8-6-5-7-9-13/h17H,3-11H2,1-2H3,(H,14,16). The van der Waals surface area contributed by atoms with Gasteiger partial charge in [0, 0.05) is 13.1 Å². The maximum Gasteiger partial charge on any atom is 0.234 e. The lowest BCUT2D eigenvalue weighted by Crippen LogP contribution is -2.47. The van der Waals surface area contributed by atoms with Crippen molar-refractivity contribution in [1.29, 1.82) is 0 Å². The molecule has 0 heterocycles. The summed E-state index contributed by atoms with van der Waals surface area (Å²) in [4.78, 5) is 13.6. The molecule has 2 N–H and O–H groups in total. The van der Waals surface area contributed by atoms with Gasteiger partial charge in [-0.25, -0.2) is 0 Å². The third-order valence-electron chi connectivity index (χ3n) is 3.49. The molecule has 0 unspecified atom stereocenters. The van der Waals surface area contributed by atoms with Gasteiger partial charge in [-0.15, -0.1) is 0 Å². The maximum absolute atomic E-state index is 11.5. The maximum atomic E-state index is 11.5. The fourth-order valence-corrected chi connectivity index (χ4v) is 2.52. The van der Waals surface area contributed by atoms with Crippen molar-refractivity contribution in [3.05, 3.63) is 0 Å². The molecule has 1 rings (SSSR count). The summed E-state index contributed by atoms with van der Waals surface area (Å²) in [5.41, 5.74) is -0.569. The van der Waals surface area contributed by atoms with Crippen molar-refractivity contribution in [2.75, 3.05) is 26.2 Å². The van der Waals surface area contributed by atoms with Gasteiger partial charge in [0.05, 0.1) is 12.1 Å². The predicted octanol–water partition coefficient (Wildman–Crippen LogP) is 1.14. The van der Waals surface area contributed by atoms with Crippen LogP contribution < -0.4 is 5.32 Å². The van der Waals surface area contributed by atoms with Crippen molar-refractivity contribution < 1.29 is 9.90 Å². The van der Waals surface area contributed by atoms with E-state index in [-0.39, 0.29) is 5.91 Å². The van der Waals surface area contributed by atoms with Gasteiger partial charge in [0.2, 0.25) is 5.91 Å². The lowest BCUT2D eigenvalue weighted by Gasteiger charge is -2.36. The summed E-state index contributed by atoms with van der Waals surface area (Å²) < 4.78 is 0. The van der Waals surface area contributed by atoms with Crippen LogP contribution in [0.1, 0.15) is 46.0 Å². The average Bonchev–Trinajstić information content (AvgIpc) is 2.29. The average molecular weight is 242 g/mol. The van der Waals surface area contributed by atoms with Crippen LogP contribution in [0.25, 0.3) is 0 Å². The van der Waals surface area contributed by atoms with Crippen LogP contribution in [-0.4, -0.2) is 47.7 Å². The number of nitrogens with zero attached hydrogens (tertiary/aromatic N) is 1. The highest BCUT2D eigenvalue weighted by molar-refractivity contribution is 5.77. The highest BCUT2D eigenvalue weighted by Gasteiger charge is 2.31. The Morgan fingerprint density at radius 2 is 1.94 bits per heavy atom. The Morgan fingerprint density at radius 3 is 2.47 bits per heavy atom. The molecule has 0 aromatic carbocycles. The predicted molar refractivity (Wildman–Crippen MR) is 68.8 cm³/mol. The normalized spacial score (nSPS) is 19.3. The van der Waals surface area contributed by atoms with Gasteiger partial charge in [-0.3, -0.25) is 9.69 Å². The van der Waals surface area contributed by atoms with Crippen LogP contribution in [0.3, 0.4) is 0 Å². The molecule has 1 aliphatic rings. The monoisotopic (exact) mass is 242 g/mol. The largest absolute Gasteiger partial charge is 0.389 e. The summed E-state index contributed by atoms with van der Waals surface area (Å²) >= 11 is 0. The molecular formula is C13H26N2O2. The first-order valence-corrected chi connectivity index (χ1v) is 6.81. The third-order valence-corrected chi connectivity index (χ3v) is 3.49. The molecule has 1 aliphatic carbocycles. The molecule has 100 valence electrons. The summed E-state index contributed by atoms with van der Waals surface area (Å²) in [5, 5.41) is 13.2. The topological polar surface area (TPSA) is 52.6 Å². The molecule has 1 amide bonds. The quantitative estimate of drug-likeness (QED) is 0.734. The van der Waals surface area contributed by atoms with Crippen molar-refractivity contribution in [3.63, 3.8) is 0 Å². The van der Waals surface area contributed by atoms with E-state index in [2.05, 4.69) is 5.32 Å². The van der Waals surface area contributed by atoms with Crippen LogP contribution >= 0.6 is 0 Å². The van der Waals surface area contributed by atoms with E-state index in [1.165, 1.54) is 6.42 Å². The molecule has 1 saturated carbocycles. The Labute approximate surface area is 104 Å². The number of carbonyl (C=O) groups excluding carboxylic acids is 1. The minimum Gasteiger partial charge on any atom is -0.389 e. The number of hydrogen-bond acceptors (Lipinski definition) is 3. The fraction of sp³-hybridized carbons (Fsp3) is 0.923. The summed E-state index contributed by atoms with van der Waals surface area (Å²) in [7, 11) is 0. The SMILES string of the molecule is CCNC(=O)CN(CC)CC1(O)CCCCC1. The Balaban J connectivity index is 2.42. The number of carbonyl (C=O) groups is 1. The summed E-state index contributed by atoms with van der Waals surface area (Å²) in [5.74, 6) is 0.0498. The zero-order chi connectivity index (χ0) is 12.7. The van der Waals surface area contributed by atoms with Gasteiger partial charge in [-0.2, -0.15) is 0 Å². The van der Waals surface area contributed by atoms with Crippen LogP contribution in [0.5, 0.6) is 0 Å². The highest BCUT2D eigenvalue weighted by atomic mass is 16.3. The Kier molecular flexibility index (Phi) is 5.92. The van der Waals surface area contributed by atoms with Crippen molar-refractivity contribution >= 4 is 5.91 Å². The summed E-state index contributed by atoms with van der Waals surface area (Å²) in [6, 6.07) is 0. The van der Waals surface area contributed by atoms with Gasteiger partial charge in [0.1, 0.15) is 0 Å². The molecular weight excluding hydrogens is 216 g/mol. The number of aliphatic hydroxyl groups is 1. The minimum atomic E-state index is -0.569. The molecule has 0 aromatic heterocycles. The van der Waals surface area contributed by atoms with E-state index < -0.39 is 5.60 Å². The molecule has 4 nitrogen and oxygen atoms in total. The molecule has 0 aromatic rings. The summed E-state index contributed by atoms with van der Waals surface area (Å²) in [6.07, 6.45) is 5.19. The summed E-state index contributed by atoms with van der Waals surface area (Å²) in [6.45, 7) is 6.45. The first kappa shape index (κ1) is 14.5. The second-order valence-corrected chi connectivity index (χ2v) is 5.04. The van der Waals surface area contributed by atoms with Gasteiger partial charge in [-0.1, -0.05) is 26.2 Å².